The van der Waals surface area contributed by atoms with Gasteiger partial charge >= 0.3 is 5.97 Å². The number of carboxylic acids is 1. The summed E-state index contributed by atoms with van der Waals surface area (Å²) < 4.78 is 0. The average molecular weight is 276 g/mol. The van der Waals surface area contributed by atoms with Crippen LogP contribution in [0.3, 0.4) is 0 Å². The van der Waals surface area contributed by atoms with E-state index in [4.69, 9.17) is 28.3 Å². The first kappa shape index (κ1) is 13.8. The van der Waals surface area contributed by atoms with Crippen molar-refractivity contribution in [2.45, 2.75) is 6.92 Å². The second-order valence-corrected chi connectivity index (χ2v) is 4.10. The van der Waals surface area contributed by atoms with Crippen LogP contribution in [-0.4, -0.2) is 35.0 Å². The molecule has 0 saturated heterocycles. The third-order valence-corrected chi connectivity index (χ3v) is 3.00. The van der Waals surface area contributed by atoms with Crippen molar-refractivity contribution in [2.75, 3.05) is 13.1 Å². The Morgan fingerprint density at radius 3 is 2.53 bits per heavy atom. The molecule has 0 aliphatic rings. The number of hydrogen-bond acceptors (Lipinski definition) is 2. The Bertz CT molecular complexity index is 448. The molecule has 0 bridgehead atoms. The monoisotopic (exact) mass is 275 g/mol. The fraction of sp³-hybridized carbons (Fsp3) is 0.273. The largest absolute Gasteiger partial charge is 0.480 e. The van der Waals surface area contributed by atoms with Crippen LogP contribution < -0.4 is 0 Å². The second kappa shape index (κ2) is 5.89. The molecule has 0 radical (unpaired) electrons. The Morgan fingerprint density at radius 2 is 2.00 bits per heavy atom. The van der Waals surface area contributed by atoms with Gasteiger partial charge in [-0.1, -0.05) is 29.3 Å². The van der Waals surface area contributed by atoms with Crippen molar-refractivity contribution in [3.8, 4) is 0 Å². The standard InChI is InChI=1S/C11H11Cl2NO3/c1-2-14(6-9(15)16)11(17)7-4-3-5-8(12)10(7)13/h3-5H,2,6H2,1H3,(H,15,16). The lowest BCUT2D eigenvalue weighted by atomic mass is 10.2. The molecule has 0 aromatic heterocycles. The fourth-order valence-corrected chi connectivity index (χ4v) is 1.71. The first-order valence-electron chi connectivity index (χ1n) is 4.92. The molecule has 92 valence electrons. The molecule has 0 aliphatic carbocycles. The number of rotatable bonds is 4. The zero-order valence-electron chi connectivity index (χ0n) is 9.11. The summed E-state index contributed by atoms with van der Waals surface area (Å²) in [4.78, 5) is 23.8. The van der Waals surface area contributed by atoms with Crippen molar-refractivity contribution in [3.63, 3.8) is 0 Å². The third-order valence-electron chi connectivity index (χ3n) is 2.18. The van der Waals surface area contributed by atoms with Crippen molar-refractivity contribution in [3.05, 3.63) is 33.8 Å². The maximum absolute atomic E-state index is 12.0. The van der Waals surface area contributed by atoms with Gasteiger partial charge in [0.2, 0.25) is 0 Å². The Kier molecular flexibility index (Phi) is 4.78. The topological polar surface area (TPSA) is 57.6 Å². The molecule has 1 aromatic rings. The molecule has 1 rings (SSSR count). The number of carboxylic acid groups (broad SMARTS) is 1. The molecule has 0 spiro atoms. The van der Waals surface area contributed by atoms with Gasteiger partial charge in [0, 0.05) is 6.54 Å². The van der Waals surface area contributed by atoms with Crippen LogP contribution in [0.5, 0.6) is 0 Å². The van der Waals surface area contributed by atoms with Crippen LogP contribution in [0.2, 0.25) is 10.0 Å². The highest BCUT2D eigenvalue weighted by atomic mass is 35.5. The maximum atomic E-state index is 12.0. The number of benzene rings is 1. The van der Waals surface area contributed by atoms with Crippen LogP contribution >= 0.6 is 23.2 Å². The van der Waals surface area contributed by atoms with Gasteiger partial charge < -0.3 is 10.0 Å². The highest BCUT2D eigenvalue weighted by Crippen LogP contribution is 2.26. The van der Waals surface area contributed by atoms with E-state index in [1.165, 1.54) is 11.0 Å². The quantitative estimate of drug-likeness (QED) is 0.919. The van der Waals surface area contributed by atoms with Crippen LogP contribution in [0, 0.1) is 0 Å². The van der Waals surface area contributed by atoms with E-state index in [2.05, 4.69) is 0 Å². The van der Waals surface area contributed by atoms with E-state index in [-0.39, 0.29) is 28.7 Å². The van der Waals surface area contributed by atoms with Gasteiger partial charge in [0.15, 0.2) is 0 Å². The number of likely N-dealkylation sites (N-methyl/N-ethyl adjacent to an activating group) is 1. The summed E-state index contributed by atoms with van der Waals surface area (Å²) in [6, 6.07) is 4.67. The maximum Gasteiger partial charge on any atom is 0.323 e. The summed E-state index contributed by atoms with van der Waals surface area (Å²) in [5.41, 5.74) is 0.210. The molecule has 0 saturated carbocycles. The first-order valence-corrected chi connectivity index (χ1v) is 5.68. The van der Waals surface area contributed by atoms with Crippen molar-refractivity contribution in [1.82, 2.24) is 4.90 Å². The van der Waals surface area contributed by atoms with Crippen molar-refractivity contribution in [2.24, 2.45) is 0 Å². The van der Waals surface area contributed by atoms with Gasteiger partial charge in [0.1, 0.15) is 6.54 Å². The highest BCUT2D eigenvalue weighted by molar-refractivity contribution is 6.43. The van der Waals surface area contributed by atoms with E-state index in [9.17, 15) is 9.59 Å². The van der Waals surface area contributed by atoms with Crippen LogP contribution in [0.4, 0.5) is 0 Å². The molecule has 1 N–H and O–H groups in total. The smallest absolute Gasteiger partial charge is 0.323 e. The van der Waals surface area contributed by atoms with Gasteiger partial charge in [-0.15, -0.1) is 0 Å². The predicted molar refractivity (Wildman–Crippen MR) is 65.7 cm³/mol. The summed E-state index contributed by atoms with van der Waals surface area (Å²) in [7, 11) is 0. The third kappa shape index (κ3) is 3.35. The zero-order chi connectivity index (χ0) is 13.0. The highest BCUT2D eigenvalue weighted by Gasteiger charge is 2.20. The lowest BCUT2D eigenvalue weighted by Crippen LogP contribution is -2.35. The lowest BCUT2D eigenvalue weighted by Gasteiger charge is -2.19. The number of amides is 1. The van der Waals surface area contributed by atoms with Gasteiger partial charge in [-0.2, -0.15) is 0 Å². The fourth-order valence-electron chi connectivity index (χ4n) is 1.33. The molecule has 0 fully saturated rings. The summed E-state index contributed by atoms with van der Waals surface area (Å²) >= 11 is 11.7. The normalized spacial score (nSPS) is 10.1. The van der Waals surface area contributed by atoms with E-state index < -0.39 is 11.9 Å². The molecule has 1 amide bonds. The van der Waals surface area contributed by atoms with Gasteiger partial charge in [0.25, 0.3) is 5.91 Å². The molecule has 4 nitrogen and oxygen atoms in total. The number of carbonyl (C=O) groups excluding carboxylic acids is 1. The minimum absolute atomic E-state index is 0.142. The predicted octanol–water partition coefficient (Wildman–Crippen LogP) is 2.54. The second-order valence-electron chi connectivity index (χ2n) is 3.31. The van der Waals surface area contributed by atoms with E-state index in [0.29, 0.717) is 0 Å². The Morgan fingerprint density at radius 1 is 1.35 bits per heavy atom. The van der Waals surface area contributed by atoms with Crippen LogP contribution in [0.15, 0.2) is 18.2 Å². The Balaban J connectivity index is 3.02. The summed E-state index contributed by atoms with van der Waals surface area (Å²) in [5.74, 6) is -1.51. The number of halogens is 2. The lowest BCUT2D eigenvalue weighted by molar-refractivity contribution is -0.137. The van der Waals surface area contributed by atoms with Gasteiger partial charge in [0.05, 0.1) is 15.6 Å². The van der Waals surface area contributed by atoms with Crippen LogP contribution in [0.25, 0.3) is 0 Å². The molecule has 1 aromatic carbocycles. The number of carbonyl (C=O) groups is 2. The van der Waals surface area contributed by atoms with Gasteiger partial charge in [-0.05, 0) is 19.1 Å². The number of aliphatic carboxylic acids is 1. The first-order chi connectivity index (χ1) is 7.97. The average Bonchev–Trinajstić information content (AvgIpc) is 2.28. The molecule has 0 atom stereocenters. The Hall–Kier alpha value is -1.26. The minimum Gasteiger partial charge on any atom is -0.480 e. The molecular formula is C11H11Cl2NO3. The van der Waals surface area contributed by atoms with Crippen LogP contribution in [0.1, 0.15) is 17.3 Å². The van der Waals surface area contributed by atoms with E-state index in [1.807, 2.05) is 0 Å². The summed E-state index contributed by atoms with van der Waals surface area (Å²) in [5, 5.41) is 9.09. The van der Waals surface area contributed by atoms with Crippen molar-refractivity contribution in [1.29, 1.82) is 0 Å². The zero-order valence-corrected chi connectivity index (χ0v) is 10.6. The molecule has 6 heteroatoms. The van der Waals surface area contributed by atoms with Gasteiger partial charge in [-0.25, -0.2) is 0 Å². The Labute approximate surface area is 109 Å². The SMILES string of the molecule is CCN(CC(=O)O)C(=O)c1cccc(Cl)c1Cl. The van der Waals surface area contributed by atoms with Crippen LogP contribution in [-0.2, 0) is 4.79 Å². The minimum atomic E-state index is -1.07. The van der Waals surface area contributed by atoms with Crippen molar-refractivity contribution < 1.29 is 14.7 Å². The van der Waals surface area contributed by atoms with Gasteiger partial charge in [-0.3, -0.25) is 9.59 Å². The number of hydrogen-bond donors (Lipinski definition) is 1. The molecule has 0 unspecified atom stereocenters. The molecule has 0 heterocycles. The number of nitrogens with zero attached hydrogens (tertiary/aromatic N) is 1. The summed E-state index contributed by atoms with van der Waals surface area (Å²) in [6.45, 7) is 1.62. The summed E-state index contributed by atoms with van der Waals surface area (Å²) in [6.07, 6.45) is 0. The molecular weight excluding hydrogens is 265 g/mol. The van der Waals surface area contributed by atoms with E-state index in [0.717, 1.165) is 0 Å². The molecule has 17 heavy (non-hydrogen) atoms. The van der Waals surface area contributed by atoms with E-state index in [1.54, 1.807) is 19.1 Å². The molecule has 0 aliphatic heterocycles. The van der Waals surface area contributed by atoms with E-state index >= 15 is 0 Å². The van der Waals surface area contributed by atoms with Crippen molar-refractivity contribution >= 4 is 35.1 Å².